The Bertz CT molecular complexity index is 985. The van der Waals surface area contributed by atoms with E-state index in [1.54, 1.807) is 0 Å². The predicted octanol–water partition coefficient (Wildman–Crippen LogP) is -3.30. The van der Waals surface area contributed by atoms with Crippen molar-refractivity contribution in [3.63, 3.8) is 0 Å². The van der Waals surface area contributed by atoms with Crippen molar-refractivity contribution in [2.45, 2.75) is 24.5 Å². The van der Waals surface area contributed by atoms with Crippen LogP contribution in [-0.4, -0.2) is 59.5 Å². The Morgan fingerprint density at radius 2 is 2.00 bits per heavy atom. The molecule has 0 spiro atoms. The van der Waals surface area contributed by atoms with Crippen LogP contribution in [-0.2, 0) is 22.7 Å². The molecule has 0 saturated carbocycles. The molecule has 2 aromatic rings. The van der Waals surface area contributed by atoms with Crippen LogP contribution < -0.4 is 15.3 Å². The lowest BCUT2D eigenvalue weighted by molar-refractivity contribution is -0.242. The number of phosphoric acid groups is 2. The van der Waals surface area contributed by atoms with Gasteiger partial charge in [-0.1, -0.05) is 0 Å². The smallest absolute Gasteiger partial charge is 0.278 e. The second-order valence-corrected chi connectivity index (χ2v) is 8.14. The van der Waals surface area contributed by atoms with Gasteiger partial charge in [-0.3, -0.25) is 18.5 Å². The average molecular weight is 426 g/mol. The standard InChI is InChI=1S/C10H14N4O11P2/c15-6-4(1-23-27(21,22)25-26(18,19)20)24-10(7(6)16)14-3-13-5-8(14)11-2-12-9(5)17/h2-4,6-7,10,15-16H,1H2,(H,21,22)(H,11,12,17)(H2,18,19,20)/p-2/t4-,6+,7?,10-/m1/s1. The summed E-state index contributed by atoms with van der Waals surface area (Å²) in [5, 5.41) is 20.1. The number of aliphatic hydroxyl groups excluding tert-OH is 2. The molecule has 3 rings (SSSR count). The third-order valence-corrected chi connectivity index (χ3v) is 5.67. The van der Waals surface area contributed by atoms with E-state index < -0.39 is 52.4 Å². The second kappa shape index (κ2) is 7.14. The number of aliphatic hydroxyl groups is 2. The van der Waals surface area contributed by atoms with Gasteiger partial charge in [-0.15, -0.1) is 0 Å². The van der Waals surface area contributed by atoms with Gasteiger partial charge in [-0.2, -0.15) is 0 Å². The fraction of sp³-hybridized carbons (Fsp3) is 0.500. The molecule has 150 valence electrons. The van der Waals surface area contributed by atoms with Crippen molar-refractivity contribution in [2.75, 3.05) is 6.61 Å². The lowest BCUT2D eigenvalue weighted by Crippen LogP contribution is -2.34. The van der Waals surface area contributed by atoms with Gasteiger partial charge >= 0.3 is 0 Å². The molecule has 0 aromatic carbocycles. The van der Waals surface area contributed by atoms with Crippen LogP contribution in [0, 0.1) is 0 Å². The normalized spacial score (nSPS) is 30.3. The van der Waals surface area contributed by atoms with Crippen LogP contribution in [0.5, 0.6) is 0 Å². The molecule has 15 nitrogen and oxygen atoms in total. The fourth-order valence-corrected chi connectivity index (χ4v) is 3.99. The molecule has 0 amide bonds. The largest absolute Gasteiger partial charge is 0.756 e. The quantitative estimate of drug-likeness (QED) is 0.332. The first-order valence-corrected chi connectivity index (χ1v) is 10.1. The Balaban J connectivity index is 1.76. The van der Waals surface area contributed by atoms with Crippen molar-refractivity contribution in [3.05, 3.63) is 23.0 Å². The topological polar surface area (TPSA) is 232 Å². The van der Waals surface area contributed by atoms with E-state index in [1.807, 2.05) is 0 Å². The van der Waals surface area contributed by atoms with Crippen molar-refractivity contribution < 1.29 is 47.6 Å². The minimum atomic E-state index is -5.62. The number of ether oxygens (including phenoxy) is 1. The van der Waals surface area contributed by atoms with Crippen molar-refractivity contribution >= 4 is 26.8 Å². The first kappa shape index (κ1) is 20.2. The Morgan fingerprint density at radius 3 is 2.67 bits per heavy atom. The van der Waals surface area contributed by atoms with Gasteiger partial charge in [0.05, 0.1) is 19.3 Å². The molecule has 0 bridgehead atoms. The van der Waals surface area contributed by atoms with Crippen LogP contribution in [0.2, 0.25) is 0 Å². The molecule has 17 heteroatoms. The number of nitrogens with zero attached hydrogens (tertiary/aromatic N) is 3. The summed E-state index contributed by atoms with van der Waals surface area (Å²) in [7, 11) is -11.1. The molecule has 1 aliphatic heterocycles. The molecule has 3 unspecified atom stereocenters. The van der Waals surface area contributed by atoms with Crippen LogP contribution >= 0.6 is 15.6 Å². The molecule has 0 radical (unpaired) electrons. The summed E-state index contributed by atoms with van der Waals surface area (Å²) < 4.78 is 35.9. The van der Waals surface area contributed by atoms with E-state index in [0.29, 0.717) is 0 Å². The van der Waals surface area contributed by atoms with E-state index in [9.17, 15) is 33.9 Å². The van der Waals surface area contributed by atoms with E-state index in [0.717, 1.165) is 17.2 Å². The fourth-order valence-electron chi connectivity index (χ4n) is 2.46. The van der Waals surface area contributed by atoms with Gasteiger partial charge < -0.3 is 39.1 Å². The first-order chi connectivity index (χ1) is 12.5. The zero-order valence-corrected chi connectivity index (χ0v) is 14.8. The minimum absolute atomic E-state index is 0.0296. The molecule has 3 heterocycles. The highest BCUT2D eigenvalue weighted by Gasteiger charge is 2.45. The number of fused-ring (bicyclic) bond motifs is 1. The number of aromatic amines is 1. The summed E-state index contributed by atoms with van der Waals surface area (Å²) >= 11 is 0. The minimum Gasteiger partial charge on any atom is -0.756 e. The molecule has 6 atom stereocenters. The lowest BCUT2D eigenvalue weighted by atomic mass is 10.1. The molecule has 1 fully saturated rings. The van der Waals surface area contributed by atoms with Crippen LogP contribution in [0.1, 0.15) is 6.23 Å². The summed E-state index contributed by atoms with van der Waals surface area (Å²) in [5.41, 5.74) is -0.585. The third kappa shape index (κ3) is 4.33. The maximum atomic E-state index is 11.7. The number of H-pyrrole nitrogens is 1. The van der Waals surface area contributed by atoms with Crippen LogP contribution in [0.3, 0.4) is 0 Å². The number of hydrogen-bond donors (Lipinski definition) is 4. The van der Waals surface area contributed by atoms with Gasteiger partial charge in [-0.25, -0.2) is 14.3 Å². The van der Waals surface area contributed by atoms with Crippen molar-refractivity contribution in [1.82, 2.24) is 19.5 Å². The summed E-state index contributed by atoms with van der Waals surface area (Å²) in [6, 6.07) is 0. The van der Waals surface area contributed by atoms with Gasteiger partial charge in [0.15, 0.2) is 17.4 Å². The van der Waals surface area contributed by atoms with Gasteiger partial charge in [-0.05, 0) is 0 Å². The first-order valence-electron chi connectivity index (χ1n) is 7.11. The lowest BCUT2D eigenvalue weighted by Gasteiger charge is -2.28. The van der Waals surface area contributed by atoms with Crippen LogP contribution in [0.4, 0.5) is 0 Å². The van der Waals surface area contributed by atoms with Crippen LogP contribution in [0.25, 0.3) is 11.2 Å². The van der Waals surface area contributed by atoms with Crippen molar-refractivity contribution in [1.29, 1.82) is 0 Å². The molecule has 2 aromatic heterocycles. The summed E-state index contributed by atoms with van der Waals surface area (Å²) in [4.78, 5) is 51.8. The third-order valence-electron chi connectivity index (χ3n) is 3.58. The number of phosphoric ester groups is 1. The number of rotatable bonds is 6. The van der Waals surface area contributed by atoms with E-state index in [-0.39, 0.29) is 11.2 Å². The highest BCUT2D eigenvalue weighted by atomic mass is 31.3. The molecule has 27 heavy (non-hydrogen) atoms. The molecule has 0 aliphatic carbocycles. The Hall–Kier alpha value is -1.51. The summed E-state index contributed by atoms with van der Waals surface area (Å²) in [6.07, 6.45) is -3.77. The summed E-state index contributed by atoms with van der Waals surface area (Å²) in [6.45, 7) is -0.934. The van der Waals surface area contributed by atoms with Gasteiger partial charge in [0.25, 0.3) is 21.2 Å². The zero-order valence-electron chi connectivity index (χ0n) is 13.0. The van der Waals surface area contributed by atoms with E-state index in [2.05, 4.69) is 23.8 Å². The Morgan fingerprint density at radius 1 is 1.30 bits per heavy atom. The maximum Gasteiger partial charge on any atom is 0.278 e. The maximum absolute atomic E-state index is 11.7. The SMILES string of the molecule is O=c1[nH]cnc2c1ncn2[C@@H]1O[C@H](COP(=O)([O-])OP(=O)([O-])O)[C@H](O)C1O. The van der Waals surface area contributed by atoms with E-state index >= 15 is 0 Å². The predicted molar refractivity (Wildman–Crippen MR) is 78.5 cm³/mol. The molecule has 1 saturated heterocycles. The van der Waals surface area contributed by atoms with Crippen LogP contribution in [0.15, 0.2) is 17.4 Å². The molecule has 1 aliphatic rings. The van der Waals surface area contributed by atoms with Crippen molar-refractivity contribution in [2.24, 2.45) is 0 Å². The number of imidazole rings is 1. The molecular formula is C10H12N4O11P2-2. The monoisotopic (exact) mass is 426 g/mol. The molecular weight excluding hydrogens is 414 g/mol. The van der Waals surface area contributed by atoms with E-state index in [1.165, 1.54) is 0 Å². The summed E-state index contributed by atoms with van der Waals surface area (Å²) in [5.74, 6) is 0. The van der Waals surface area contributed by atoms with Crippen molar-refractivity contribution in [3.8, 4) is 0 Å². The second-order valence-electron chi connectivity index (χ2n) is 5.40. The molecule has 4 N–H and O–H groups in total. The Kier molecular flexibility index (Phi) is 5.35. The average Bonchev–Trinajstić information content (AvgIpc) is 3.07. The highest BCUT2D eigenvalue weighted by Crippen LogP contribution is 2.52. The number of hydrogen-bond acceptors (Lipinski definition) is 12. The van der Waals surface area contributed by atoms with Gasteiger partial charge in [0.1, 0.15) is 18.3 Å². The Labute approximate surface area is 149 Å². The number of aromatic nitrogens is 4. The van der Waals surface area contributed by atoms with Gasteiger partial charge in [0, 0.05) is 0 Å². The van der Waals surface area contributed by atoms with E-state index in [4.69, 9.17) is 9.63 Å². The zero-order chi connectivity index (χ0) is 20.0. The van der Waals surface area contributed by atoms with Gasteiger partial charge in [0.2, 0.25) is 0 Å². The highest BCUT2D eigenvalue weighted by molar-refractivity contribution is 7.59. The number of nitrogens with one attached hydrogen (secondary N) is 1.